The third-order valence-electron chi connectivity index (χ3n) is 1.27. The molecule has 0 unspecified atom stereocenters. The molecule has 0 aliphatic heterocycles. The van der Waals surface area contributed by atoms with Crippen LogP contribution in [0.2, 0.25) is 0 Å². The van der Waals surface area contributed by atoms with E-state index >= 15 is 0 Å². The first-order valence-electron chi connectivity index (χ1n) is 2.76. The van der Waals surface area contributed by atoms with Gasteiger partial charge in [-0.05, 0) is 0 Å². The van der Waals surface area contributed by atoms with E-state index in [-0.39, 0.29) is 51.4 Å². The van der Waals surface area contributed by atoms with Crippen LogP contribution in [0.3, 0.4) is 0 Å². The van der Waals surface area contributed by atoms with Crippen molar-refractivity contribution in [2.75, 3.05) is 0 Å². The normalized spacial score (nSPS) is 9.23. The molecule has 0 heterocycles. The summed E-state index contributed by atoms with van der Waals surface area (Å²) in [5.41, 5.74) is -6.38. The van der Waals surface area contributed by atoms with E-state index in [2.05, 4.69) is 0 Å². The minimum Gasteiger partial charge on any atom is -0.501 e. The van der Waals surface area contributed by atoms with E-state index < -0.39 is 33.2 Å². The van der Waals surface area contributed by atoms with Gasteiger partial charge >= 0.3 is 0 Å². The van der Waals surface area contributed by atoms with Gasteiger partial charge in [0.1, 0.15) is 0 Å². The Morgan fingerprint density at radius 1 is 0.615 bits per heavy atom. The van der Waals surface area contributed by atoms with Crippen LogP contribution >= 0.6 is 0 Å². The van der Waals surface area contributed by atoms with Gasteiger partial charge in [-0.25, -0.2) is 0 Å². The molecule has 1 rings (SSSR count). The Bertz CT molecular complexity index is 475. The zero-order chi connectivity index (χ0) is 9.46. The number of aromatic hydroxyl groups is 2. The van der Waals surface area contributed by atoms with Gasteiger partial charge in [-0.3, -0.25) is 19.2 Å². The summed E-state index contributed by atoms with van der Waals surface area (Å²) in [4.78, 5) is 41.9. The fraction of sp³-hybridized carbons (Fsp3) is 0. The molecule has 1 radical (unpaired) electrons. The average Bonchev–Trinajstić information content (AvgIpc) is 2.08. The van der Waals surface area contributed by atoms with Crippen molar-refractivity contribution in [3.8, 4) is 11.5 Å². The van der Waals surface area contributed by atoms with Crippen LogP contribution in [0.25, 0.3) is 0 Å². The Morgan fingerprint density at radius 3 is 1.08 bits per heavy atom. The van der Waals surface area contributed by atoms with E-state index in [4.69, 9.17) is 10.2 Å². The van der Waals surface area contributed by atoms with Crippen molar-refractivity contribution in [3.63, 3.8) is 0 Å². The summed E-state index contributed by atoms with van der Waals surface area (Å²) in [6.45, 7) is 0. The largest absolute Gasteiger partial charge is 0.501 e. The van der Waals surface area contributed by atoms with Gasteiger partial charge in [0.05, 0.1) is 0 Å². The van der Waals surface area contributed by atoms with Gasteiger partial charge in [-0.2, -0.15) is 0 Å². The molecule has 0 saturated carbocycles. The minimum absolute atomic E-state index is 0. The summed E-state index contributed by atoms with van der Waals surface area (Å²) in [6.07, 6.45) is 0. The molecule has 2 N–H and O–H groups in total. The molecule has 0 atom stereocenters. The van der Waals surface area contributed by atoms with Gasteiger partial charge in [-0.1, -0.05) is 0 Å². The van der Waals surface area contributed by atoms with Crippen LogP contribution in [-0.2, 0) is 0 Å². The van der Waals surface area contributed by atoms with E-state index in [1.165, 1.54) is 0 Å². The van der Waals surface area contributed by atoms with Crippen LogP contribution in [0.15, 0.2) is 19.2 Å². The second-order valence-electron chi connectivity index (χ2n) is 2.01. The van der Waals surface area contributed by atoms with Gasteiger partial charge in [-0.15, -0.1) is 0 Å². The van der Waals surface area contributed by atoms with Gasteiger partial charge in [0, 0.05) is 51.4 Å². The van der Waals surface area contributed by atoms with Crippen molar-refractivity contribution in [3.05, 3.63) is 40.9 Å². The van der Waals surface area contributed by atoms with Crippen molar-refractivity contribution in [1.29, 1.82) is 0 Å². The van der Waals surface area contributed by atoms with Crippen LogP contribution < -0.4 is 21.7 Å². The minimum atomic E-state index is -1.63. The first kappa shape index (κ1) is 12.7. The van der Waals surface area contributed by atoms with Gasteiger partial charge in [0.25, 0.3) is 21.7 Å². The Morgan fingerprint density at radius 2 is 0.846 bits per heavy atom. The predicted octanol–water partition coefficient (Wildman–Crippen LogP) is -2.97. The molecule has 0 amide bonds. The maximum atomic E-state index is 10.5. The molecule has 0 aliphatic carbocycles. The topological polar surface area (TPSA) is 109 Å². The number of phenols is 2. The standard InChI is InChI=1S/C6H2O6.K/c7-1-2(8)4(10)6(12)5(11)3(1)9;/h7-8H;. The molecule has 0 aliphatic rings. The van der Waals surface area contributed by atoms with E-state index in [0.29, 0.717) is 0 Å². The number of rotatable bonds is 0. The van der Waals surface area contributed by atoms with E-state index in [9.17, 15) is 19.2 Å². The summed E-state index contributed by atoms with van der Waals surface area (Å²) < 4.78 is 0. The predicted molar refractivity (Wildman–Crippen MR) is 43.0 cm³/mol. The first-order valence-corrected chi connectivity index (χ1v) is 2.76. The van der Waals surface area contributed by atoms with Crippen molar-refractivity contribution in [2.45, 2.75) is 0 Å². The zero-order valence-electron chi connectivity index (χ0n) is 6.53. The summed E-state index contributed by atoms with van der Waals surface area (Å²) in [6, 6.07) is 0. The second-order valence-corrected chi connectivity index (χ2v) is 2.01. The molecule has 13 heavy (non-hydrogen) atoms. The molecular formula is C6H2KO6. The number of benzene rings is 1. The summed E-state index contributed by atoms with van der Waals surface area (Å²) in [7, 11) is 0. The molecule has 1 aromatic rings. The zero-order valence-corrected chi connectivity index (χ0v) is 9.65. The molecule has 63 valence electrons. The fourth-order valence-electron chi connectivity index (χ4n) is 0.636. The molecule has 6 nitrogen and oxygen atoms in total. The molecule has 0 bridgehead atoms. The fourth-order valence-corrected chi connectivity index (χ4v) is 0.636. The SMILES string of the molecule is O=c1c(O)c(O)c(=O)c(=O)c1=O.[K]. The number of hydrogen-bond donors (Lipinski definition) is 2. The number of phenolic OH excluding ortho intramolecular Hbond substituents is 2. The van der Waals surface area contributed by atoms with Crippen molar-refractivity contribution in [2.24, 2.45) is 0 Å². The smallest absolute Gasteiger partial charge is 0.281 e. The number of hydrogen-bond acceptors (Lipinski definition) is 6. The van der Waals surface area contributed by atoms with Crippen molar-refractivity contribution in [1.82, 2.24) is 0 Å². The van der Waals surface area contributed by atoms with Gasteiger partial charge in [0.2, 0.25) is 11.5 Å². The molecule has 0 saturated heterocycles. The second kappa shape index (κ2) is 4.25. The average molecular weight is 209 g/mol. The first-order chi connectivity index (χ1) is 5.46. The molecule has 1 aromatic carbocycles. The monoisotopic (exact) mass is 209 g/mol. The van der Waals surface area contributed by atoms with Crippen molar-refractivity contribution < 1.29 is 10.2 Å². The summed E-state index contributed by atoms with van der Waals surface area (Å²) in [5, 5.41) is 17.2. The molecule has 7 heteroatoms. The molecule has 0 aromatic heterocycles. The van der Waals surface area contributed by atoms with Crippen molar-refractivity contribution >= 4 is 51.4 Å². The van der Waals surface area contributed by atoms with E-state index in [1.54, 1.807) is 0 Å². The maximum Gasteiger partial charge on any atom is 0.281 e. The Labute approximate surface area is 113 Å². The van der Waals surface area contributed by atoms with Crippen LogP contribution in [0.1, 0.15) is 0 Å². The van der Waals surface area contributed by atoms with Crippen LogP contribution in [0, 0.1) is 0 Å². The van der Waals surface area contributed by atoms with Crippen LogP contribution in [0.4, 0.5) is 0 Å². The van der Waals surface area contributed by atoms with Gasteiger partial charge in [0.15, 0.2) is 0 Å². The Kier molecular flexibility index (Phi) is 4.13. The summed E-state index contributed by atoms with van der Waals surface area (Å²) >= 11 is 0. The third kappa shape index (κ3) is 1.94. The van der Waals surface area contributed by atoms with Crippen LogP contribution in [0.5, 0.6) is 11.5 Å². The van der Waals surface area contributed by atoms with Gasteiger partial charge < -0.3 is 10.2 Å². The maximum absolute atomic E-state index is 10.5. The Hall–Kier alpha value is -0.344. The summed E-state index contributed by atoms with van der Waals surface area (Å²) in [5.74, 6) is -2.74. The molecule has 0 spiro atoms. The van der Waals surface area contributed by atoms with E-state index in [1.807, 2.05) is 0 Å². The van der Waals surface area contributed by atoms with Crippen LogP contribution in [-0.4, -0.2) is 61.6 Å². The Balaban J connectivity index is 0.00000144. The molecular weight excluding hydrogens is 207 g/mol. The third-order valence-corrected chi connectivity index (χ3v) is 1.27. The molecule has 0 fully saturated rings. The quantitative estimate of drug-likeness (QED) is 0.268. The van der Waals surface area contributed by atoms with E-state index in [0.717, 1.165) is 0 Å².